The lowest BCUT2D eigenvalue weighted by Crippen LogP contribution is -2.67. The topological polar surface area (TPSA) is 85.3 Å². The molecule has 2 bridgehead atoms. The summed E-state index contributed by atoms with van der Waals surface area (Å²) in [7, 11) is 3.22. The minimum Gasteiger partial charge on any atom is -0.497 e. The Kier molecular flexibility index (Phi) is 7.41. The second-order valence-corrected chi connectivity index (χ2v) is 16.4. The van der Waals surface area contributed by atoms with Crippen LogP contribution in [-0.4, -0.2) is 54.4 Å². The zero-order valence-electron chi connectivity index (χ0n) is 28.7. The third-order valence-corrected chi connectivity index (χ3v) is 14.6. The molecule has 8 atom stereocenters. The van der Waals surface area contributed by atoms with Crippen molar-refractivity contribution in [1.29, 1.82) is 0 Å². The number of ether oxygens (including phenoxy) is 3. The summed E-state index contributed by atoms with van der Waals surface area (Å²) < 4.78 is 32.6. The molecular weight excluding hydrogens is 645 g/mol. The Morgan fingerprint density at radius 1 is 1.04 bits per heavy atom. The summed E-state index contributed by atoms with van der Waals surface area (Å²) in [6.07, 6.45) is 11.2. The normalized spacial score (nSPS) is 38.5. The van der Waals surface area contributed by atoms with Crippen molar-refractivity contribution in [3.05, 3.63) is 82.2 Å². The molecule has 3 saturated carbocycles. The number of rotatable bonds is 7. The molecule has 9 heteroatoms. The van der Waals surface area contributed by atoms with Gasteiger partial charge in [0.25, 0.3) is 0 Å². The van der Waals surface area contributed by atoms with Crippen LogP contribution in [0.5, 0.6) is 11.5 Å². The van der Waals surface area contributed by atoms with Crippen LogP contribution in [0.25, 0.3) is 0 Å². The van der Waals surface area contributed by atoms with Crippen LogP contribution in [0.1, 0.15) is 69.9 Å². The summed E-state index contributed by atoms with van der Waals surface area (Å²) in [5.41, 5.74) is -0.549. The van der Waals surface area contributed by atoms with Crippen LogP contribution < -0.4 is 9.47 Å². The Labute approximate surface area is 292 Å². The molecule has 1 amide bonds. The number of nitrogens with zero attached hydrogens (tertiary/aromatic N) is 1. The van der Waals surface area contributed by atoms with Crippen molar-refractivity contribution >= 4 is 23.5 Å². The van der Waals surface area contributed by atoms with Crippen LogP contribution in [0.2, 0.25) is 5.02 Å². The van der Waals surface area contributed by atoms with E-state index in [-0.39, 0.29) is 46.1 Å². The third kappa shape index (κ3) is 4.35. The van der Waals surface area contributed by atoms with Crippen LogP contribution in [-0.2, 0) is 22.5 Å². The number of amides is 1. The van der Waals surface area contributed by atoms with Gasteiger partial charge < -0.3 is 19.3 Å². The molecule has 1 saturated heterocycles. The van der Waals surface area contributed by atoms with Gasteiger partial charge in [0.2, 0.25) is 0 Å². The second kappa shape index (κ2) is 11.1. The van der Waals surface area contributed by atoms with Gasteiger partial charge in [0.15, 0.2) is 5.78 Å². The predicted molar refractivity (Wildman–Crippen MR) is 183 cm³/mol. The minimum atomic E-state index is -0.722. The predicted octanol–water partition coefficient (Wildman–Crippen LogP) is 7.86. The molecule has 0 aromatic heterocycles. The number of aliphatic hydroxyl groups excluding tert-OH is 1. The summed E-state index contributed by atoms with van der Waals surface area (Å²) >= 11 is 6.46. The van der Waals surface area contributed by atoms with Crippen molar-refractivity contribution in [3.8, 4) is 11.5 Å². The van der Waals surface area contributed by atoms with Crippen LogP contribution in [0.15, 0.2) is 60.2 Å². The molecule has 1 N–H and O–H groups in total. The number of hydrogen-bond acceptors (Lipinski definition) is 6. The lowest BCUT2D eigenvalue weighted by molar-refractivity contribution is -0.168. The zero-order chi connectivity index (χ0) is 34.6. The molecule has 4 fully saturated rings. The van der Waals surface area contributed by atoms with Crippen molar-refractivity contribution in [2.24, 2.45) is 33.5 Å². The fourth-order valence-electron chi connectivity index (χ4n) is 11.7. The molecule has 6 aliphatic carbocycles. The summed E-state index contributed by atoms with van der Waals surface area (Å²) in [6.45, 7) is 5.43. The fraction of sp³-hybridized carbons (Fsp3) is 0.550. The van der Waals surface area contributed by atoms with E-state index in [4.69, 9.17) is 25.8 Å². The van der Waals surface area contributed by atoms with E-state index < -0.39 is 33.8 Å². The summed E-state index contributed by atoms with van der Waals surface area (Å²) in [5, 5.41) is 11.2. The summed E-state index contributed by atoms with van der Waals surface area (Å²) in [4.78, 5) is 30.2. The van der Waals surface area contributed by atoms with E-state index >= 15 is 4.39 Å². The van der Waals surface area contributed by atoms with Gasteiger partial charge >= 0.3 is 6.09 Å². The molecule has 260 valence electrons. The van der Waals surface area contributed by atoms with Crippen molar-refractivity contribution < 1.29 is 33.3 Å². The van der Waals surface area contributed by atoms with Gasteiger partial charge in [0, 0.05) is 50.5 Å². The van der Waals surface area contributed by atoms with E-state index in [0.29, 0.717) is 37.4 Å². The van der Waals surface area contributed by atoms with Gasteiger partial charge in [0.05, 0.1) is 33.4 Å². The molecule has 7 nitrogen and oxygen atoms in total. The van der Waals surface area contributed by atoms with Gasteiger partial charge in [-0.25, -0.2) is 9.18 Å². The van der Waals surface area contributed by atoms with Crippen LogP contribution >= 0.6 is 11.6 Å². The van der Waals surface area contributed by atoms with Gasteiger partial charge in [-0.1, -0.05) is 49.7 Å². The van der Waals surface area contributed by atoms with Crippen molar-refractivity contribution in [1.82, 2.24) is 4.90 Å². The van der Waals surface area contributed by atoms with Gasteiger partial charge in [-0.05, 0) is 86.5 Å². The van der Waals surface area contributed by atoms with Crippen molar-refractivity contribution in [2.75, 3.05) is 20.8 Å². The highest BCUT2D eigenvalue weighted by atomic mass is 35.5. The number of carbonyl (C=O) groups is 2. The van der Waals surface area contributed by atoms with E-state index in [2.05, 4.69) is 32.1 Å². The first-order valence-electron chi connectivity index (χ1n) is 17.6. The minimum absolute atomic E-state index is 0.0199. The molecule has 0 radical (unpaired) electrons. The first-order chi connectivity index (χ1) is 23.3. The van der Waals surface area contributed by atoms with E-state index in [1.165, 1.54) is 6.07 Å². The highest BCUT2D eigenvalue weighted by Gasteiger charge is 2.76. The average molecular weight is 690 g/mol. The molecule has 7 aliphatic rings. The number of ketones is 1. The van der Waals surface area contributed by atoms with E-state index in [9.17, 15) is 14.7 Å². The third-order valence-electron chi connectivity index (χ3n) is 14.2. The monoisotopic (exact) mass is 689 g/mol. The van der Waals surface area contributed by atoms with Gasteiger partial charge in [-0.15, -0.1) is 0 Å². The highest BCUT2D eigenvalue weighted by Crippen LogP contribution is 2.79. The smallest absolute Gasteiger partial charge is 0.410 e. The number of allylic oxidation sites excluding steroid dienone is 4. The first kappa shape index (κ1) is 32.8. The average Bonchev–Trinajstić information content (AvgIpc) is 3.56. The Morgan fingerprint density at radius 2 is 1.80 bits per heavy atom. The molecule has 2 aromatic carbocycles. The van der Waals surface area contributed by atoms with Gasteiger partial charge in [-0.2, -0.15) is 0 Å². The van der Waals surface area contributed by atoms with Crippen molar-refractivity contribution in [3.63, 3.8) is 0 Å². The number of halogens is 2. The van der Waals surface area contributed by atoms with Gasteiger partial charge in [0.1, 0.15) is 22.9 Å². The maximum absolute atomic E-state index is 15.1. The van der Waals surface area contributed by atoms with E-state index in [0.717, 1.165) is 43.2 Å². The standard InChI is InChI=1S/C40H45ClFNO6/c1-36-13-10-25(44)20-38(36)16-17-40(28(21-38)31(45)19-27-29(41)6-5-7-30(27)42)33(36)11-14-37(2)34(40)12-15-39(37)23-43(35(46)49-39)22-24-8-9-26(47-3)18-32(24)48-4/h5-9,16-18,21,25,33-34,44H,10-15,19-20,22-23H2,1-4H3. The number of carbonyl (C=O) groups excluding carboxylic acids is 2. The van der Waals surface area contributed by atoms with Crippen molar-refractivity contribution in [2.45, 2.75) is 83.5 Å². The molecule has 9 rings (SSSR count). The maximum Gasteiger partial charge on any atom is 0.410 e. The summed E-state index contributed by atoms with van der Waals surface area (Å²) in [5.74, 6) is 0.897. The SMILES string of the molecule is COc1ccc(CN2CC3(CCC4C56C=CC7(C=C5C(=O)Cc5c(F)cccc5Cl)CC(O)CCC7(C)C6CCC43C)OC2=O)c(OC)c1. The molecule has 1 heterocycles. The highest BCUT2D eigenvalue weighted by molar-refractivity contribution is 6.31. The van der Waals surface area contributed by atoms with E-state index in [1.54, 1.807) is 31.3 Å². The zero-order valence-corrected chi connectivity index (χ0v) is 29.4. The molecular formula is C40H45ClFNO6. The Morgan fingerprint density at radius 3 is 2.55 bits per heavy atom. The lowest BCUT2D eigenvalue weighted by atomic mass is 9.32. The van der Waals surface area contributed by atoms with Crippen LogP contribution in [0, 0.1) is 39.3 Å². The van der Waals surface area contributed by atoms with Gasteiger partial charge in [-0.3, -0.25) is 9.69 Å². The number of hydrogen-bond donors (Lipinski definition) is 1. The molecule has 1 aliphatic heterocycles. The Bertz CT molecular complexity index is 1790. The molecule has 8 unspecified atom stereocenters. The molecule has 3 spiro atoms. The van der Waals surface area contributed by atoms with E-state index in [1.807, 2.05) is 18.2 Å². The van der Waals surface area contributed by atoms with Crippen LogP contribution in [0.4, 0.5) is 9.18 Å². The lowest BCUT2D eigenvalue weighted by Gasteiger charge is -2.71. The maximum atomic E-state index is 15.1. The number of methoxy groups -OCH3 is 2. The number of benzene rings is 2. The largest absolute Gasteiger partial charge is 0.497 e. The summed E-state index contributed by atoms with van der Waals surface area (Å²) in [6, 6.07) is 10.1. The number of Topliss-reactive ketones (excluding diaryl/α,β-unsaturated/α-hetero) is 1. The quantitative estimate of drug-likeness (QED) is 0.298. The second-order valence-electron chi connectivity index (χ2n) is 16.0. The number of fused-ring (bicyclic) bond motifs is 2. The first-order valence-corrected chi connectivity index (χ1v) is 18.0. The Balaban J connectivity index is 1.18. The Hall–Kier alpha value is -3.36. The molecule has 49 heavy (non-hydrogen) atoms. The fourth-order valence-corrected chi connectivity index (χ4v) is 11.9. The number of aliphatic hydroxyl groups is 1. The van der Waals surface area contributed by atoms with Crippen LogP contribution in [0.3, 0.4) is 0 Å². The molecule has 2 aromatic rings.